The molecule has 4 heteroatoms. The molecule has 1 aliphatic carbocycles. The Balaban J connectivity index is 2.07. The maximum atomic E-state index is 9.83. The van der Waals surface area contributed by atoms with Gasteiger partial charge in [0, 0.05) is 5.38 Å². The number of hydrogen-bond donors (Lipinski definition) is 1. The number of aliphatic hydroxyl groups is 1. The topological polar surface area (TPSA) is 42.4 Å². The Morgan fingerprint density at radius 3 is 2.92 bits per heavy atom. The first kappa shape index (κ1) is 8.97. The third kappa shape index (κ3) is 1.69. The summed E-state index contributed by atoms with van der Waals surface area (Å²) in [5.74, 6) is 1.05. The number of aromatic nitrogens is 1. The SMILES string of the molecule is COc1nc(C(O)C2CC2C)cs1. The average molecular weight is 199 g/mol. The maximum Gasteiger partial charge on any atom is 0.273 e. The largest absolute Gasteiger partial charge is 0.473 e. The fourth-order valence-corrected chi connectivity index (χ4v) is 2.18. The smallest absolute Gasteiger partial charge is 0.273 e. The average Bonchev–Trinajstić information content (AvgIpc) is 2.70. The van der Waals surface area contributed by atoms with E-state index >= 15 is 0 Å². The summed E-state index contributed by atoms with van der Waals surface area (Å²) in [5.41, 5.74) is 0.760. The van der Waals surface area contributed by atoms with E-state index in [0.717, 1.165) is 12.1 Å². The molecule has 1 aromatic rings. The number of thiazole rings is 1. The van der Waals surface area contributed by atoms with Crippen LogP contribution in [0, 0.1) is 11.8 Å². The zero-order chi connectivity index (χ0) is 9.42. The molecule has 3 unspecified atom stereocenters. The van der Waals surface area contributed by atoms with Gasteiger partial charge < -0.3 is 9.84 Å². The second-order valence-electron chi connectivity index (χ2n) is 3.56. The molecular formula is C9H13NO2S. The molecule has 1 heterocycles. The van der Waals surface area contributed by atoms with Crippen LogP contribution in [0.4, 0.5) is 0 Å². The molecule has 1 fully saturated rings. The predicted molar refractivity (Wildman–Crippen MR) is 50.9 cm³/mol. The molecule has 0 amide bonds. The minimum absolute atomic E-state index is 0.393. The van der Waals surface area contributed by atoms with Gasteiger partial charge >= 0.3 is 0 Å². The molecule has 0 bridgehead atoms. The van der Waals surface area contributed by atoms with E-state index in [1.165, 1.54) is 11.3 Å². The third-order valence-electron chi connectivity index (χ3n) is 2.56. The highest BCUT2D eigenvalue weighted by atomic mass is 32.1. The molecule has 0 spiro atoms. The van der Waals surface area contributed by atoms with Gasteiger partial charge in [0.2, 0.25) is 0 Å². The minimum Gasteiger partial charge on any atom is -0.473 e. The van der Waals surface area contributed by atoms with Gasteiger partial charge in [0.25, 0.3) is 5.19 Å². The number of rotatable bonds is 3. The van der Waals surface area contributed by atoms with E-state index in [9.17, 15) is 5.11 Å². The van der Waals surface area contributed by atoms with Gasteiger partial charge in [-0.05, 0) is 18.3 Å². The first-order chi connectivity index (χ1) is 6.22. The first-order valence-corrected chi connectivity index (χ1v) is 5.28. The van der Waals surface area contributed by atoms with Crippen LogP contribution >= 0.6 is 11.3 Å². The first-order valence-electron chi connectivity index (χ1n) is 4.40. The number of nitrogens with zero attached hydrogens (tertiary/aromatic N) is 1. The fourth-order valence-electron chi connectivity index (χ4n) is 1.51. The van der Waals surface area contributed by atoms with E-state index in [0.29, 0.717) is 17.0 Å². The molecule has 1 N–H and O–H groups in total. The van der Waals surface area contributed by atoms with Crippen molar-refractivity contribution in [1.29, 1.82) is 0 Å². The molecule has 72 valence electrons. The van der Waals surface area contributed by atoms with E-state index in [-0.39, 0.29) is 0 Å². The molecule has 1 saturated carbocycles. The fraction of sp³-hybridized carbons (Fsp3) is 0.667. The van der Waals surface area contributed by atoms with Crippen molar-refractivity contribution in [2.24, 2.45) is 11.8 Å². The van der Waals surface area contributed by atoms with Crippen molar-refractivity contribution in [1.82, 2.24) is 4.98 Å². The number of aliphatic hydroxyl groups excluding tert-OH is 1. The van der Waals surface area contributed by atoms with E-state index in [2.05, 4.69) is 11.9 Å². The van der Waals surface area contributed by atoms with Crippen LogP contribution in [0.15, 0.2) is 5.38 Å². The molecule has 2 rings (SSSR count). The van der Waals surface area contributed by atoms with E-state index < -0.39 is 6.10 Å². The summed E-state index contributed by atoms with van der Waals surface area (Å²) in [7, 11) is 1.59. The van der Waals surface area contributed by atoms with Crippen LogP contribution in [0.25, 0.3) is 0 Å². The van der Waals surface area contributed by atoms with Crippen molar-refractivity contribution in [3.8, 4) is 5.19 Å². The molecule has 3 atom stereocenters. The molecule has 1 aliphatic rings. The second-order valence-corrected chi connectivity index (χ2v) is 4.38. The Kier molecular flexibility index (Phi) is 2.26. The van der Waals surface area contributed by atoms with Crippen LogP contribution in [0.2, 0.25) is 0 Å². The summed E-state index contributed by atoms with van der Waals surface area (Å²) in [5, 5.41) is 12.3. The molecule has 1 aromatic heterocycles. The van der Waals surface area contributed by atoms with Crippen LogP contribution in [0.1, 0.15) is 25.1 Å². The van der Waals surface area contributed by atoms with Crippen molar-refractivity contribution < 1.29 is 9.84 Å². The number of methoxy groups -OCH3 is 1. The van der Waals surface area contributed by atoms with E-state index in [1.807, 2.05) is 5.38 Å². The van der Waals surface area contributed by atoms with Gasteiger partial charge in [-0.2, -0.15) is 0 Å². The van der Waals surface area contributed by atoms with Gasteiger partial charge in [-0.3, -0.25) is 0 Å². The maximum absolute atomic E-state index is 9.83. The van der Waals surface area contributed by atoms with Crippen LogP contribution in [-0.4, -0.2) is 17.2 Å². The van der Waals surface area contributed by atoms with Gasteiger partial charge in [-0.1, -0.05) is 18.3 Å². The Morgan fingerprint density at radius 1 is 1.77 bits per heavy atom. The molecule has 0 aliphatic heterocycles. The zero-order valence-electron chi connectivity index (χ0n) is 7.73. The number of hydrogen-bond acceptors (Lipinski definition) is 4. The third-order valence-corrected chi connectivity index (χ3v) is 3.37. The highest BCUT2D eigenvalue weighted by Crippen LogP contribution is 2.47. The van der Waals surface area contributed by atoms with Gasteiger partial charge in [0.05, 0.1) is 18.9 Å². The lowest BCUT2D eigenvalue weighted by atomic mass is 10.1. The number of ether oxygens (including phenoxy) is 1. The van der Waals surface area contributed by atoms with Crippen molar-refractivity contribution in [2.75, 3.05) is 7.11 Å². The Bertz CT molecular complexity index is 300. The van der Waals surface area contributed by atoms with Crippen molar-refractivity contribution in [2.45, 2.75) is 19.4 Å². The highest BCUT2D eigenvalue weighted by Gasteiger charge is 2.40. The predicted octanol–water partition coefficient (Wildman–Crippen LogP) is 1.84. The van der Waals surface area contributed by atoms with Crippen molar-refractivity contribution in [3.05, 3.63) is 11.1 Å². The van der Waals surface area contributed by atoms with E-state index in [1.54, 1.807) is 7.11 Å². The lowest BCUT2D eigenvalue weighted by molar-refractivity contribution is 0.143. The van der Waals surface area contributed by atoms with Crippen LogP contribution in [-0.2, 0) is 0 Å². The quantitative estimate of drug-likeness (QED) is 0.807. The van der Waals surface area contributed by atoms with Gasteiger partial charge in [0.1, 0.15) is 0 Å². The molecule has 0 saturated heterocycles. The van der Waals surface area contributed by atoms with Gasteiger partial charge in [0.15, 0.2) is 0 Å². The van der Waals surface area contributed by atoms with Crippen molar-refractivity contribution >= 4 is 11.3 Å². The lowest BCUT2D eigenvalue weighted by Gasteiger charge is -2.04. The van der Waals surface area contributed by atoms with Gasteiger partial charge in [-0.15, -0.1) is 0 Å². The standard InChI is InChI=1S/C9H13NO2S/c1-5-3-6(5)8(11)7-4-13-9(10-7)12-2/h4-6,8,11H,3H2,1-2H3. The summed E-state index contributed by atoms with van der Waals surface area (Å²) >= 11 is 1.43. The summed E-state index contributed by atoms with van der Waals surface area (Å²) in [6, 6.07) is 0. The molecule has 3 nitrogen and oxygen atoms in total. The summed E-state index contributed by atoms with van der Waals surface area (Å²) in [4.78, 5) is 4.17. The Morgan fingerprint density at radius 2 is 2.46 bits per heavy atom. The Labute approximate surface area is 81.4 Å². The monoisotopic (exact) mass is 199 g/mol. The molecule has 13 heavy (non-hydrogen) atoms. The zero-order valence-corrected chi connectivity index (χ0v) is 8.54. The lowest BCUT2D eigenvalue weighted by Crippen LogP contribution is -2.01. The Hall–Kier alpha value is -0.610. The molecular weight excluding hydrogens is 186 g/mol. The van der Waals surface area contributed by atoms with E-state index in [4.69, 9.17) is 4.74 Å². The van der Waals surface area contributed by atoms with Crippen LogP contribution in [0.3, 0.4) is 0 Å². The van der Waals surface area contributed by atoms with Crippen LogP contribution < -0.4 is 4.74 Å². The molecule has 0 aromatic carbocycles. The minimum atomic E-state index is -0.393. The summed E-state index contributed by atoms with van der Waals surface area (Å²) in [6.07, 6.45) is 0.719. The highest BCUT2D eigenvalue weighted by molar-refractivity contribution is 7.11. The second kappa shape index (κ2) is 3.27. The van der Waals surface area contributed by atoms with Crippen molar-refractivity contribution in [3.63, 3.8) is 0 Å². The van der Waals surface area contributed by atoms with Gasteiger partial charge in [-0.25, -0.2) is 4.98 Å². The van der Waals surface area contributed by atoms with Crippen LogP contribution in [0.5, 0.6) is 5.19 Å². The summed E-state index contributed by atoms with van der Waals surface area (Å²) in [6.45, 7) is 2.15. The molecule has 0 radical (unpaired) electrons. The summed E-state index contributed by atoms with van der Waals surface area (Å²) < 4.78 is 4.97. The normalized spacial score (nSPS) is 28.5.